The first-order chi connectivity index (χ1) is 16.7. The Morgan fingerprint density at radius 2 is 1.86 bits per heavy atom. The molecule has 1 saturated heterocycles. The molecule has 0 unspecified atom stereocenters. The SMILES string of the molecule is CCc1c(C)nc2cc(C3CCC(C(F)(F)F)CC3)nn2c1[C@]1(C)CCCN(C(=O)OC(C)(C)C)C1. The van der Waals surface area contributed by atoms with Crippen molar-refractivity contribution in [3.05, 3.63) is 28.7 Å². The van der Waals surface area contributed by atoms with Gasteiger partial charge in [0.1, 0.15) is 5.60 Å². The first-order valence-electron chi connectivity index (χ1n) is 13.2. The van der Waals surface area contributed by atoms with Gasteiger partial charge in [-0.3, -0.25) is 0 Å². The summed E-state index contributed by atoms with van der Waals surface area (Å²) in [6, 6.07) is 1.95. The fourth-order valence-electron chi connectivity index (χ4n) is 6.05. The van der Waals surface area contributed by atoms with E-state index in [2.05, 4.69) is 13.8 Å². The number of likely N-dealkylation sites (tertiary alicyclic amines) is 1. The number of carbonyl (C=O) groups excluding carboxylic acids is 1. The van der Waals surface area contributed by atoms with Crippen LogP contribution in [0, 0.1) is 12.8 Å². The smallest absolute Gasteiger partial charge is 0.410 e. The van der Waals surface area contributed by atoms with Crippen molar-refractivity contribution in [3.8, 4) is 0 Å². The first kappa shape index (κ1) is 26.7. The van der Waals surface area contributed by atoms with Crippen molar-refractivity contribution >= 4 is 11.7 Å². The number of ether oxygens (including phenoxy) is 1. The fraction of sp³-hybridized carbons (Fsp3) is 0.741. The van der Waals surface area contributed by atoms with E-state index in [4.69, 9.17) is 14.8 Å². The molecule has 2 fully saturated rings. The van der Waals surface area contributed by atoms with Crippen molar-refractivity contribution < 1.29 is 22.7 Å². The molecule has 0 radical (unpaired) electrons. The number of piperidine rings is 1. The van der Waals surface area contributed by atoms with Gasteiger partial charge >= 0.3 is 12.3 Å². The lowest BCUT2D eigenvalue weighted by Gasteiger charge is -2.42. The summed E-state index contributed by atoms with van der Waals surface area (Å²) in [4.78, 5) is 19.5. The van der Waals surface area contributed by atoms with Crippen LogP contribution in [-0.4, -0.2) is 50.5 Å². The number of nitrogens with zero attached hydrogens (tertiary/aromatic N) is 4. The summed E-state index contributed by atoms with van der Waals surface area (Å²) < 4.78 is 47.1. The Labute approximate surface area is 211 Å². The van der Waals surface area contributed by atoms with E-state index >= 15 is 0 Å². The molecule has 0 N–H and O–H groups in total. The van der Waals surface area contributed by atoms with Gasteiger partial charge in [-0.25, -0.2) is 14.3 Å². The van der Waals surface area contributed by atoms with Gasteiger partial charge in [-0.1, -0.05) is 13.8 Å². The Bertz CT molecular complexity index is 1110. The summed E-state index contributed by atoms with van der Waals surface area (Å²) >= 11 is 0. The van der Waals surface area contributed by atoms with Gasteiger partial charge < -0.3 is 9.64 Å². The molecule has 4 rings (SSSR count). The number of hydrogen-bond donors (Lipinski definition) is 0. The second kappa shape index (κ2) is 9.53. The van der Waals surface area contributed by atoms with Crippen molar-refractivity contribution in [3.63, 3.8) is 0 Å². The minimum atomic E-state index is -4.12. The number of aromatic nitrogens is 3. The number of alkyl halides is 3. The number of amides is 1. The summed E-state index contributed by atoms with van der Waals surface area (Å²) in [5.41, 5.74) is 3.72. The predicted molar refractivity (Wildman–Crippen MR) is 132 cm³/mol. The number of hydrogen-bond acceptors (Lipinski definition) is 4. The van der Waals surface area contributed by atoms with E-state index in [0.29, 0.717) is 25.9 Å². The van der Waals surface area contributed by atoms with E-state index < -0.39 is 17.7 Å². The molecule has 0 spiro atoms. The Hall–Kier alpha value is -2.32. The Kier molecular flexibility index (Phi) is 7.07. The lowest BCUT2D eigenvalue weighted by molar-refractivity contribution is -0.182. The zero-order valence-electron chi connectivity index (χ0n) is 22.3. The van der Waals surface area contributed by atoms with Gasteiger partial charge in [0.15, 0.2) is 5.65 Å². The van der Waals surface area contributed by atoms with E-state index in [9.17, 15) is 18.0 Å². The number of halogens is 3. The maximum Gasteiger partial charge on any atom is 0.410 e. The molecule has 1 aliphatic carbocycles. The molecule has 0 bridgehead atoms. The first-order valence-corrected chi connectivity index (χ1v) is 13.2. The van der Waals surface area contributed by atoms with Crippen molar-refractivity contribution in [1.29, 1.82) is 0 Å². The molecule has 3 heterocycles. The van der Waals surface area contributed by atoms with Gasteiger partial charge in [-0.2, -0.15) is 18.3 Å². The lowest BCUT2D eigenvalue weighted by atomic mass is 9.76. The van der Waals surface area contributed by atoms with Crippen LogP contribution < -0.4 is 0 Å². The van der Waals surface area contributed by atoms with Crippen molar-refractivity contribution in [2.45, 2.75) is 110 Å². The van der Waals surface area contributed by atoms with Crippen LogP contribution in [0.4, 0.5) is 18.0 Å². The molecule has 200 valence electrons. The Balaban J connectivity index is 1.69. The molecule has 1 aliphatic heterocycles. The summed E-state index contributed by atoms with van der Waals surface area (Å²) in [6.45, 7) is 13.0. The van der Waals surface area contributed by atoms with Gasteiger partial charge in [-0.15, -0.1) is 0 Å². The fourth-order valence-corrected chi connectivity index (χ4v) is 6.05. The summed E-state index contributed by atoms with van der Waals surface area (Å²) in [5.74, 6) is -1.21. The molecule has 2 aromatic heterocycles. The minimum Gasteiger partial charge on any atom is -0.444 e. The normalized spacial score (nSPS) is 25.9. The van der Waals surface area contributed by atoms with E-state index in [1.54, 1.807) is 4.90 Å². The Morgan fingerprint density at radius 1 is 1.19 bits per heavy atom. The molecule has 1 amide bonds. The number of rotatable bonds is 3. The number of carbonyl (C=O) groups is 1. The monoisotopic (exact) mass is 508 g/mol. The highest BCUT2D eigenvalue weighted by atomic mass is 19.4. The molecule has 6 nitrogen and oxygen atoms in total. The van der Waals surface area contributed by atoms with Crippen LogP contribution >= 0.6 is 0 Å². The van der Waals surface area contributed by atoms with Crippen LogP contribution in [0.3, 0.4) is 0 Å². The van der Waals surface area contributed by atoms with Crippen molar-refractivity contribution in [2.24, 2.45) is 5.92 Å². The van der Waals surface area contributed by atoms with Crippen molar-refractivity contribution in [1.82, 2.24) is 19.5 Å². The van der Waals surface area contributed by atoms with Gasteiger partial charge in [-0.05, 0) is 78.2 Å². The zero-order valence-corrected chi connectivity index (χ0v) is 22.3. The average molecular weight is 509 g/mol. The highest BCUT2D eigenvalue weighted by Gasteiger charge is 2.43. The third-order valence-electron chi connectivity index (χ3n) is 7.81. The van der Waals surface area contributed by atoms with Crippen LogP contribution in [0.1, 0.15) is 102 Å². The Morgan fingerprint density at radius 3 is 2.44 bits per heavy atom. The molecule has 1 saturated carbocycles. The third-order valence-corrected chi connectivity index (χ3v) is 7.81. The van der Waals surface area contributed by atoms with Gasteiger partial charge in [0.2, 0.25) is 0 Å². The van der Waals surface area contributed by atoms with Crippen LogP contribution in [0.25, 0.3) is 5.65 Å². The molecule has 2 aliphatic rings. The lowest BCUT2D eigenvalue weighted by Crippen LogP contribution is -2.49. The van der Waals surface area contributed by atoms with Gasteiger partial charge in [0.05, 0.1) is 17.3 Å². The quantitative estimate of drug-likeness (QED) is 0.462. The molecule has 1 atom stereocenters. The second-order valence-corrected chi connectivity index (χ2v) is 11.9. The minimum absolute atomic E-state index is 0.000886. The summed E-state index contributed by atoms with van der Waals surface area (Å²) in [7, 11) is 0. The molecule has 9 heteroatoms. The van der Waals surface area contributed by atoms with E-state index in [0.717, 1.165) is 47.6 Å². The molecular formula is C27H39F3N4O2. The maximum absolute atomic E-state index is 13.2. The summed E-state index contributed by atoms with van der Waals surface area (Å²) in [5, 5.41) is 4.96. The molecular weight excluding hydrogens is 469 g/mol. The van der Waals surface area contributed by atoms with E-state index in [-0.39, 0.29) is 30.3 Å². The number of aryl methyl sites for hydroxylation is 1. The standard InChI is InChI=1S/C27H39F3N4O2/c1-7-20-17(2)31-22-15-21(18-9-11-19(12-10-18)27(28,29)30)32-34(22)23(20)26(6)13-8-14-33(16-26)24(35)36-25(3,4)5/h15,18-19H,7-14,16H2,1-6H3/t18?,19?,26-/m1/s1. The largest absolute Gasteiger partial charge is 0.444 e. The average Bonchev–Trinajstić information content (AvgIpc) is 3.19. The van der Waals surface area contributed by atoms with Crippen LogP contribution in [0.5, 0.6) is 0 Å². The second-order valence-electron chi connectivity index (χ2n) is 11.9. The van der Waals surface area contributed by atoms with Crippen LogP contribution in [-0.2, 0) is 16.6 Å². The zero-order chi connectivity index (χ0) is 26.5. The third kappa shape index (κ3) is 5.35. The van der Waals surface area contributed by atoms with Gasteiger partial charge in [0.25, 0.3) is 0 Å². The topological polar surface area (TPSA) is 59.7 Å². The van der Waals surface area contributed by atoms with E-state index in [1.165, 1.54) is 0 Å². The molecule has 36 heavy (non-hydrogen) atoms. The van der Waals surface area contributed by atoms with Gasteiger partial charge in [0, 0.05) is 36.2 Å². The molecule has 0 aromatic carbocycles. The molecule has 2 aromatic rings. The maximum atomic E-state index is 13.2. The highest BCUT2D eigenvalue weighted by Crippen LogP contribution is 2.43. The van der Waals surface area contributed by atoms with E-state index in [1.807, 2.05) is 38.3 Å². The van der Waals surface area contributed by atoms with Crippen LogP contribution in [0.2, 0.25) is 0 Å². The predicted octanol–water partition coefficient (Wildman–Crippen LogP) is 6.72. The summed E-state index contributed by atoms with van der Waals surface area (Å²) in [6.07, 6.45) is -0.676. The van der Waals surface area contributed by atoms with Crippen LogP contribution in [0.15, 0.2) is 6.07 Å². The highest BCUT2D eigenvalue weighted by molar-refractivity contribution is 5.68. The van der Waals surface area contributed by atoms with Crippen molar-refractivity contribution in [2.75, 3.05) is 13.1 Å². The number of fused-ring (bicyclic) bond motifs is 1.